The van der Waals surface area contributed by atoms with Crippen molar-refractivity contribution in [1.82, 2.24) is 5.43 Å². The highest BCUT2D eigenvalue weighted by atomic mass is 79.9. The molecule has 1 amide bonds. The third kappa shape index (κ3) is 3.52. The van der Waals surface area contributed by atoms with Crippen molar-refractivity contribution in [2.45, 2.75) is 13.5 Å². The minimum absolute atomic E-state index is 0.306. The number of nitrogens with two attached hydrogens (primary N) is 1. The van der Waals surface area contributed by atoms with Crippen molar-refractivity contribution in [3.8, 4) is 5.75 Å². The molecule has 106 valence electrons. The third-order valence-corrected chi connectivity index (χ3v) is 4.37. The van der Waals surface area contributed by atoms with Gasteiger partial charge in [0.05, 0.1) is 9.90 Å². The Bertz CT molecular complexity index is 622. The summed E-state index contributed by atoms with van der Waals surface area (Å²) in [5, 5.41) is 0.549. The average Bonchev–Trinajstić information content (AvgIpc) is 2.85. The number of thiophene rings is 1. The molecule has 20 heavy (non-hydrogen) atoms. The molecule has 3 N–H and O–H groups in total. The van der Waals surface area contributed by atoms with E-state index in [1.165, 1.54) is 11.3 Å². The standard InChI is InChI=1S/C13H12BrClN2O2S/c1-7-4-8(14)5-10(15)12(7)19-6-9-2-3-11(20-9)13(18)17-16/h2-5H,6,16H2,1H3,(H,17,18). The minimum Gasteiger partial charge on any atom is -0.486 e. The van der Waals surface area contributed by atoms with Crippen LogP contribution in [0.4, 0.5) is 0 Å². The van der Waals surface area contributed by atoms with E-state index in [4.69, 9.17) is 22.2 Å². The Morgan fingerprint density at radius 2 is 2.25 bits per heavy atom. The predicted molar refractivity (Wildman–Crippen MR) is 84.2 cm³/mol. The highest BCUT2D eigenvalue weighted by Crippen LogP contribution is 2.33. The molecule has 1 heterocycles. The van der Waals surface area contributed by atoms with E-state index in [2.05, 4.69) is 21.4 Å². The van der Waals surface area contributed by atoms with Crippen molar-refractivity contribution < 1.29 is 9.53 Å². The van der Waals surface area contributed by atoms with Gasteiger partial charge in [-0.3, -0.25) is 10.2 Å². The van der Waals surface area contributed by atoms with Crippen LogP contribution >= 0.6 is 38.9 Å². The van der Waals surface area contributed by atoms with Crippen molar-refractivity contribution in [1.29, 1.82) is 0 Å². The van der Waals surface area contributed by atoms with Crippen LogP contribution in [0.25, 0.3) is 0 Å². The van der Waals surface area contributed by atoms with Crippen molar-refractivity contribution in [2.75, 3.05) is 0 Å². The van der Waals surface area contributed by atoms with E-state index in [-0.39, 0.29) is 5.91 Å². The fourth-order valence-electron chi connectivity index (χ4n) is 1.66. The Morgan fingerprint density at radius 3 is 2.90 bits per heavy atom. The molecule has 2 rings (SSSR count). The Kier molecular flexibility index (Phi) is 5.04. The number of rotatable bonds is 4. The normalized spacial score (nSPS) is 10.4. The monoisotopic (exact) mass is 374 g/mol. The van der Waals surface area contributed by atoms with Crippen LogP contribution < -0.4 is 16.0 Å². The van der Waals surface area contributed by atoms with Gasteiger partial charge >= 0.3 is 0 Å². The third-order valence-electron chi connectivity index (χ3n) is 2.57. The number of amides is 1. The number of hydrazine groups is 1. The van der Waals surface area contributed by atoms with Crippen molar-refractivity contribution in [3.05, 3.63) is 49.1 Å². The van der Waals surface area contributed by atoms with Gasteiger partial charge in [0.15, 0.2) is 0 Å². The summed E-state index contributed by atoms with van der Waals surface area (Å²) in [4.78, 5) is 12.8. The van der Waals surface area contributed by atoms with Gasteiger partial charge in [-0.15, -0.1) is 11.3 Å². The first kappa shape index (κ1) is 15.3. The number of carbonyl (C=O) groups is 1. The smallest absolute Gasteiger partial charge is 0.275 e. The van der Waals surface area contributed by atoms with Crippen LogP contribution in [-0.4, -0.2) is 5.91 Å². The molecule has 1 aromatic heterocycles. The highest BCUT2D eigenvalue weighted by Gasteiger charge is 2.10. The van der Waals surface area contributed by atoms with Gasteiger partial charge in [-0.05, 0) is 36.8 Å². The minimum atomic E-state index is -0.306. The molecule has 7 heteroatoms. The molecule has 2 aromatic rings. The summed E-state index contributed by atoms with van der Waals surface area (Å²) in [5.74, 6) is 5.43. The second kappa shape index (κ2) is 6.58. The lowest BCUT2D eigenvalue weighted by Gasteiger charge is -2.10. The average molecular weight is 376 g/mol. The van der Waals surface area contributed by atoms with Crippen LogP contribution in [0.15, 0.2) is 28.7 Å². The van der Waals surface area contributed by atoms with Gasteiger partial charge in [0, 0.05) is 9.35 Å². The largest absolute Gasteiger partial charge is 0.486 e. The number of nitrogens with one attached hydrogen (secondary N) is 1. The predicted octanol–water partition coefficient (Wildman–Crippen LogP) is 3.65. The van der Waals surface area contributed by atoms with Crippen LogP contribution in [0.3, 0.4) is 0 Å². The molecule has 0 aliphatic heterocycles. The number of hydrogen-bond donors (Lipinski definition) is 2. The molecule has 0 fully saturated rings. The topological polar surface area (TPSA) is 64.3 Å². The van der Waals surface area contributed by atoms with Gasteiger partial charge in [0.1, 0.15) is 12.4 Å². The molecule has 0 bridgehead atoms. The molecule has 0 spiro atoms. The van der Waals surface area contributed by atoms with E-state index >= 15 is 0 Å². The molecule has 0 unspecified atom stereocenters. The first-order chi connectivity index (χ1) is 9.51. The maximum atomic E-state index is 11.4. The number of carbonyl (C=O) groups excluding carboxylic acids is 1. The summed E-state index contributed by atoms with van der Waals surface area (Å²) in [6, 6.07) is 7.26. The maximum absolute atomic E-state index is 11.4. The zero-order valence-corrected chi connectivity index (χ0v) is 13.7. The number of ether oxygens (including phenoxy) is 1. The number of hydrogen-bond acceptors (Lipinski definition) is 4. The van der Waals surface area contributed by atoms with Gasteiger partial charge in [-0.25, -0.2) is 5.84 Å². The number of nitrogen functional groups attached to an aromatic ring is 1. The highest BCUT2D eigenvalue weighted by molar-refractivity contribution is 9.10. The quantitative estimate of drug-likeness (QED) is 0.487. The van der Waals surface area contributed by atoms with Crippen LogP contribution in [-0.2, 0) is 6.61 Å². The fraction of sp³-hybridized carbons (Fsp3) is 0.154. The summed E-state index contributed by atoms with van der Waals surface area (Å²) in [7, 11) is 0. The molecule has 1 aromatic carbocycles. The molecular formula is C13H12BrClN2O2S. The van der Waals surface area contributed by atoms with Crippen LogP contribution in [0.1, 0.15) is 20.1 Å². The summed E-state index contributed by atoms with van der Waals surface area (Å²) in [5.41, 5.74) is 3.04. The lowest BCUT2D eigenvalue weighted by molar-refractivity contribution is 0.0957. The van der Waals surface area contributed by atoms with Crippen LogP contribution in [0, 0.1) is 6.92 Å². The molecule has 0 radical (unpaired) electrons. The van der Waals surface area contributed by atoms with E-state index in [0.717, 1.165) is 14.9 Å². The van der Waals surface area contributed by atoms with E-state index in [1.807, 2.05) is 19.1 Å². The first-order valence-electron chi connectivity index (χ1n) is 5.69. The second-order valence-corrected chi connectivity index (χ2v) is 6.55. The molecule has 0 saturated heterocycles. The zero-order valence-electron chi connectivity index (χ0n) is 10.6. The summed E-state index contributed by atoms with van der Waals surface area (Å²) in [6.07, 6.45) is 0. The van der Waals surface area contributed by atoms with Crippen LogP contribution in [0.5, 0.6) is 5.75 Å². The summed E-state index contributed by atoms with van der Waals surface area (Å²) < 4.78 is 6.64. The molecule has 0 atom stereocenters. The molecule has 0 saturated carbocycles. The van der Waals surface area contributed by atoms with Crippen molar-refractivity contribution in [2.24, 2.45) is 5.84 Å². The Morgan fingerprint density at radius 1 is 1.50 bits per heavy atom. The number of benzene rings is 1. The van der Waals surface area contributed by atoms with E-state index < -0.39 is 0 Å². The van der Waals surface area contributed by atoms with E-state index in [9.17, 15) is 4.79 Å². The van der Waals surface area contributed by atoms with Crippen LogP contribution in [0.2, 0.25) is 5.02 Å². The summed E-state index contributed by atoms with van der Waals surface area (Å²) in [6.45, 7) is 2.28. The van der Waals surface area contributed by atoms with E-state index in [1.54, 1.807) is 12.1 Å². The Labute approximate surface area is 134 Å². The lowest BCUT2D eigenvalue weighted by atomic mass is 10.2. The molecule has 0 aliphatic rings. The molecular weight excluding hydrogens is 364 g/mol. The number of aryl methyl sites for hydroxylation is 1. The maximum Gasteiger partial charge on any atom is 0.275 e. The van der Waals surface area contributed by atoms with Gasteiger partial charge in [-0.2, -0.15) is 0 Å². The SMILES string of the molecule is Cc1cc(Br)cc(Cl)c1OCc1ccc(C(=O)NN)s1. The molecule has 0 aliphatic carbocycles. The van der Waals surface area contributed by atoms with Gasteiger partial charge in [0.25, 0.3) is 5.91 Å². The molecule has 4 nitrogen and oxygen atoms in total. The first-order valence-corrected chi connectivity index (χ1v) is 7.68. The van der Waals surface area contributed by atoms with E-state index in [0.29, 0.717) is 22.3 Å². The second-order valence-electron chi connectivity index (χ2n) is 4.06. The van der Waals surface area contributed by atoms with Crippen molar-refractivity contribution >= 4 is 44.8 Å². The van der Waals surface area contributed by atoms with Gasteiger partial charge in [-0.1, -0.05) is 27.5 Å². The summed E-state index contributed by atoms with van der Waals surface area (Å²) >= 11 is 10.9. The number of halogens is 2. The Hall–Kier alpha value is -1.08. The zero-order chi connectivity index (χ0) is 14.7. The van der Waals surface area contributed by atoms with Gasteiger partial charge < -0.3 is 4.74 Å². The Balaban J connectivity index is 2.09. The fourth-order valence-corrected chi connectivity index (χ4v) is 3.51. The van der Waals surface area contributed by atoms with Crippen molar-refractivity contribution in [3.63, 3.8) is 0 Å². The lowest BCUT2D eigenvalue weighted by Crippen LogP contribution is -2.29. The van der Waals surface area contributed by atoms with Gasteiger partial charge in [0.2, 0.25) is 0 Å².